The lowest BCUT2D eigenvalue weighted by Gasteiger charge is -2.42. The summed E-state index contributed by atoms with van der Waals surface area (Å²) in [5.41, 5.74) is 6.96. The van der Waals surface area contributed by atoms with Crippen molar-refractivity contribution in [2.75, 3.05) is 61.1 Å². The van der Waals surface area contributed by atoms with Gasteiger partial charge in [-0.1, -0.05) is 44.5 Å². The number of carbonyl (C=O) groups excluding carboxylic acids is 5. The number of rotatable bonds is 9. The first kappa shape index (κ1) is 49.1. The molecular weight excluding hydrogens is 960 g/mol. The summed E-state index contributed by atoms with van der Waals surface area (Å²) in [5.74, 6) is -3.82. The Hall–Kier alpha value is -6.47. The van der Waals surface area contributed by atoms with Crippen molar-refractivity contribution in [3.63, 3.8) is 0 Å². The third kappa shape index (κ3) is 8.75. The molecular formula is C52H55ClF4N8O7. The summed E-state index contributed by atoms with van der Waals surface area (Å²) in [6.45, 7) is 8.74. The van der Waals surface area contributed by atoms with E-state index in [0.29, 0.717) is 81.0 Å². The van der Waals surface area contributed by atoms with Gasteiger partial charge in [-0.25, -0.2) is 4.39 Å². The number of carbonyl (C=O) groups is 5. The molecule has 72 heavy (non-hydrogen) atoms. The molecule has 6 aliphatic rings. The predicted octanol–water partition coefficient (Wildman–Crippen LogP) is 6.80. The van der Waals surface area contributed by atoms with Gasteiger partial charge >= 0.3 is 6.18 Å². The number of fused-ring (bicyclic) bond motifs is 3. The maximum absolute atomic E-state index is 16.7. The quantitative estimate of drug-likeness (QED) is 0.119. The second-order valence-electron chi connectivity index (χ2n) is 20.8. The molecule has 0 bridgehead atoms. The molecule has 0 aliphatic carbocycles. The number of pyridine rings is 1. The van der Waals surface area contributed by atoms with E-state index in [2.05, 4.69) is 20.5 Å². The van der Waals surface area contributed by atoms with Gasteiger partial charge in [-0.05, 0) is 77.9 Å². The van der Waals surface area contributed by atoms with Crippen LogP contribution in [0.3, 0.4) is 0 Å². The Morgan fingerprint density at radius 3 is 2.42 bits per heavy atom. The molecule has 380 valence electrons. The van der Waals surface area contributed by atoms with Crippen LogP contribution in [0.2, 0.25) is 5.02 Å². The number of piperazine rings is 1. The van der Waals surface area contributed by atoms with Gasteiger partial charge in [0, 0.05) is 110 Å². The van der Waals surface area contributed by atoms with E-state index in [1.54, 1.807) is 35.2 Å². The zero-order valence-electron chi connectivity index (χ0n) is 40.0. The number of halogens is 5. The van der Waals surface area contributed by atoms with Crippen molar-refractivity contribution in [3.05, 3.63) is 111 Å². The van der Waals surface area contributed by atoms with Crippen molar-refractivity contribution in [2.45, 2.75) is 101 Å². The predicted molar refractivity (Wildman–Crippen MR) is 258 cm³/mol. The Labute approximate surface area is 418 Å². The van der Waals surface area contributed by atoms with E-state index in [9.17, 15) is 37.1 Å². The Morgan fingerprint density at radius 2 is 1.72 bits per heavy atom. The molecule has 10 rings (SSSR count). The SMILES string of the molecule is CC(C)(C)C[C@@H]1N(c2ccc(C(=O)N3CCN(c4ccc5c(c4)CN(C4CCC(=O)NC4=O)C5=O)CC3)cc2OC2CCOCC2)[C@@H](C(N)=O)[C@H](c2cccc(Cl)c2F)[C@]12CNc1cc(C(F)(F)F)ncc12. The van der Waals surface area contributed by atoms with Crippen LogP contribution in [0.4, 0.5) is 34.6 Å². The molecule has 7 heterocycles. The fourth-order valence-electron chi connectivity index (χ4n) is 11.9. The second-order valence-corrected chi connectivity index (χ2v) is 21.2. The number of anilines is 3. The zero-order chi connectivity index (χ0) is 51.0. The summed E-state index contributed by atoms with van der Waals surface area (Å²) in [4.78, 5) is 77.9. The van der Waals surface area contributed by atoms with Gasteiger partial charge in [0.15, 0.2) is 0 Å². The van der Waals surface area contributed by atoms with Crippen molar-refractivity contribution in [1.29, 1.82) is 0 Å². The molecule has 20 heteroatoms. The molecule has 0 saturated carbocycles. The van der Waals surface area contributed by atoms with E-state index in [1.165, 1.54) is 23.2 Å². The number of nitrogens with zero attached hydrogens (tertiary/aromatic N) is 5. The summed E-state index contributed by atoms with van der Waals surface area (Å²) in [6.07, 6.45) is -2.13. The van der Waals surface area contributed by atoms with Crippen molar-refractivity contribution in [2.24, 2.45) is 11.1 Å². The number of piperidine rings is 1. The molecule has 1 unspecified atom stereocenters. The maximum Gasteiger partial charge on any atom is 0.433 e. The van der Waals surface area contributed by atoms with Gasteiger partial charge in [-0.15, -0.1) is 0 Å². The molecule has 5 atom stereocenters. The minimum atomic E-state index is -4.76. The van der Waals surface area contributed by atoms with Gasteiger partial charge in [-0.2, -0.15) is 13.2 Å². The number of aromatic nitrogens is 1. The van der Waals surface area contributed by atoms with E-state index in [4.69, 9.17) is 26.8 Å². The van der Waals surface area contributed by atoms with Crippen molar-refractivity contribution in [3.8, 4) is 5.75 Å². The largest absolute Gasteiger partial charge is 0.488 e. The molecule has 4 saturated heterocycles. The molecule has 1 aromatic heterocycles. The zero-order valence-corrected chi connectivity index (χ0v) is 40.7. The van der Waals surface area contributed by atoms with Gasteiger partial charge in [0.25, 0.3) is 11.8 Å². The second kappa shape index (κ2) is 18.5. The van der Waals surface area contributed by atoms with Crippen LogP contribution in [0, 0.1) is 11.2 Å². The molecule has 6 aliphatic heterocycles. The molecule has 15 nitrogen and oxygen atoms in total. The average molecular weight is 1020 g/mol. The number of amides is 5. The molecule has 5 amide bonds. The van der Waals surface area contributed by atoms with Crippen LogP contribution in [-0.4, -0.2) is 114 Å². The third-order valence-corrected chi connectivity index (χ3v) is 15.5. The summed E-state index contributed by atoms with van der Waals surface area (Å²) in [7, 11) is 0. The smallest absolute Gasteiger partial charge is 0.433 e. The van der Waals surface area contributed by atoms with Gasteiger partial charge in [0.05, 0.1) is 23.9 Å². The van der Waals surface area contributed by atoms with Crippen LogP contribution in [0.15, 0.2) is 66.9 Å². The number of imide groups is 1. The molecule has 4 aromatic rings. The fourth-order valence-corrected chi connectivity index (χ4v) is 12.0. The highest BCUT2D eigenvalue weighted by atomic mass is 35.5. The summed E-state index contributed by atoms with van der Waals surface area (Å²) in [5, 5.41) is 5.33. The van der Waals surface area contributed by atoms with Crippen LogP contribution in [0.25, 0.3) is 0 Å². The fraction of sp³-hybridized carbons (Fsp3) is 0.462. The molecule has 0 radical (unpaired) electrons. The number of benzene rings is 3. The van der Waals surface area contributed by atoms with Crippen LogP contribution in [-0.2, 0) is 37.3 Å². The highest BCUT2D eigenvalue weighted by Gasteiger charge is 2.66. The Morgan fingerprint density at radius 1 is 0.972 bits per heavy atom. The van der Waals surface area contributed by atoms with Crippen molar-refractivity contribution in [1.82, 2.24) is 20.1 Å². The number of nitrogens with two attached hydrogens (primary N) is 1. The molecule has 4 fully saturated rings. The number of hydrogen-bond donors (Lipinski definition) is 3. The van der Waals surface area contributed by atoms with Gasteiger partial charge in [0.2, 0.25) is 17.7 Å². The first-order valence-electron chi connectivity index (χ1n) is 24.3. The Bertz CT molecular complexity index is 2870. The first-order valence-corrected chi connectivity index (χ1v) is 24.6. The topological polar surface area (TPSA) is 180 Å². The monoisotopic (exact) mass is 1010 g/mol. The Kier molecular flexibility index (Phi) is 12.6. The van der Waals surface area contributed by atoms with E-state index in [1.807, 2.05) is 37.8 Å². The molecule has 3 aromatic carbocycles. The van der Waals surface area contributed by atoms with Gasteiger partial charge in [0.1, 0.15) is 35.4 Å². The number of alkyl halides is 3. The highest BCUT2D eigenvalue weighted by Crippen LogP contribution is 2.61. The lowest BCUT2D eigenvalue weighted by molar-refractivity contribution is -0.141. The highest BCUT2D eigenvalue weighted by molar-refractivity contribution is 6.30. The first-order chi connectivity index (χ1) is 34.2. The molecule has 1 spiro atoms. The van der Waals surface area contributed by atoms with Gasteiger partial charge in [-0.3, -0.25) is 34.3 Å². The summed E-state index contributed by atoms with van der Waals surface area (Å²) in [6, 6.07) is 13.2. The average Bonchev–Trinajstić information content (AvgIpc) is 3.97. The number of primary amides is 1. The van der Waals surface area contributed by atoms with Crippen LogP contribution in [0.5, 0.6) is 5.75 Å². The van der Waals surface area contributed by atoms with Gasteiger partial charge < -0.3 is 40.1 Å². The maximum atomic E-state index is 16.7. The van der Waals surface area contributed by atoms with Crippen molar-refractivity contribution < 1.29 is 51.0 Å². The minimum Gasteiger partial charge on any atom is -0.488 e. The minimum absolute atomic E-state index is 0.00788. The third-order valence-electron chi connectivity index (χ3n) is 15.2. The number of hydrogen-bond acceptors (Lipinski definition) is 11. The van der Waals surface area contributed by atoms with Crippen LogP contribution < -0.4 is 30.9 Å². The number of nitrogens with one attached hydrogen (secondary N) is 2. The van der Waals surface area contributed by atoms with Crippen LogP contribution in [0.1, 0.15) is 102 Å². The summed E-state index contributed by atoms with van der Waals surface area (Å²) >= 11 is 6.47. The molecule has 4 N–H and O–H groups in total. The van der Waals surface area contributed by atoms with E-state index in [0.717, 1.165) is 17.3 Å². The van der Waals surface area contributed by atoms with Crippen LogP contribution >= 0.6 is 11.6 Å². The van der Waals surface area contributed by atoms with E-state index >= 15 is 4.39 Å². The standard InChI is InChI=1S/C52H55ClF4N8O7/c1-50(2,3)24-41-51(27-60-36-23-40(52(55,56)57)59-25-34(36)51)43(33-5-4-6-35(53)44(33)54)45(46(58)67)65(41)37-10-7-28(22-39(37)72-31-13-19-71-20-14-31)48(69)63-17-15-62(16-18-63)30-8-9-32-29(21-30)26-64(49(32)70)38-11-12-42(66)61-47(38)68/h4-10,21-23,25,31,38,41,43,45,60H,11-20,24,26-27H2,1-3H3,(H2,58,67)(H,61,66,68)/t38?,41-,43-,45+,51-/m0/s1. The Balaban J connectivity index is 0.994. The summed E-state index contributed by atoms with van der Waals surface area (Å²) < 4.78 is 71.7. The van der Waals surface area contributed by atoms with E-state index in [-0.39, 0.29) is 71.8 Å². The number of ether oxygens (including phenoxy) is 2. The normalized spacial score (nSPS) is 24.6. The lowest BCUT2D eigenvalue weighted by Crippen LogP contribution is -2.52. The van der Waals surface area contributed by atoms with Crippen molar-refractivity contribution >= 4 is 58.2 Å². The lowest BCUT2D eigenvalue weighted by atomic mass is 9.63. The van der Waals surface area contributed by atoms with E-state index < -0.39 is 64.4 Å².